The molecule has 2 aliphatic heterocycles. The second-order valence-corrected chi connectivity index (χ2v) is 13.3. The number of imide groups is 2. The Balaban J connectivity index is 1.28. The Bertz CT molecular complexity index is 1750. The fraction of sp³-hybridized carbons (Fsp3) is 0.273. The average Bonchev–Trinajstić information content (AvgIpc) is 3.36. The van der Waals surface area contributed by atoms with Gasteiger partial charge in [-0.25, -0.2) is 0 Å². The van der Waals surface area contributed by atoms with Gasteiger partial charge in [0.15, 0.2) is 9.75 Å². The fourth-order valence-corrected chi connectivity index (χ4v) is 8.88. The summed E-state index contributed by atoms with van der Waals surface area (Å²) in [7, 11) is 0. The van der Waals surface area contributed by atoms with Gasteiger partial charge in [0.1, 0.15) is 5.75 Å². The molecule has 224 valence electrons. The number of phenolic OH excluding ortho intramolecular Hbond substituents is 1. The van der Waals surface area contributed by atoms with E-state index in [1.54, 1.807) is 42.5 Å². The van der Waals surface area contributed by atoms with Gasteiger partial charge in [0, 0.05) is 22.9 Å². The highest BCUT2D eigenvalue weighted by atomic mass is 79.9. The fourth-order valence-electron chi connectivity index (χ4n) is 7.47. The second kappa shape index (κ2) is 10.5. The monoisotopic (exact) mass is 693 g/mol. The zero-order valence-corrected chi connectivity index (χ0v) is 26.2. The zero-order chi connectivity index (χ0) is 31.0. The van der Waals surface area contributed by atoms with Crippen molar-refractivity contribution >= 4 is 79.8 Å². The SMILES string of the molecule is O=C1C2CC=C3C(CC4(Cl)C(=O)N(CBr)C(=O)C4(Cl)C3c3ccccc3O)C2C(=O)N1c1ccc(Nc2ccccc2)cc1. The first-order chi connectivity index (χ1) is 21.1. The Morgan fingerprint density at radius 1 is 0.841 bits per heavy atom. The maximum absolute atomic E-state index is 14.2. The average molecular weight is 695 g/mol. The minimum absolute atomic E-state index is 0.114. The van der Waals surface area contributed by atoms with E-state index in [9.17, 15) is 24.3 Å². The largest absolute Gasteiger partial charge is 0.508 e. The number of amides is 4. The first-order valence-electron chi connectivity index (χ1n) is 14.2. The molecule has 0 radical (unpaired) electrons. The summed E-state index contributed by atoms with van der Waals surface area (Å²) < 4.78 is 0. The molecule has 0 spiro atoms. The molecular weight excluding hydrogens is 669 g/mol. The van der Waals surface area contributed by atoms with E-state index >= 15 is 0 Å². The molecule has 11 heteroatoms. The van der Waals surface area contributed by atoms with Gasteiger partial charge in [-0.2, -0.15) is 0 Å². The van der Waals surface area contributed by atoms with Crippen LogP contribution in [-0.4, -0.2) is 48.8 Å². The molecule has 3 aromatic rings. The van der Waals surface area contributed by atoms with Crippen molar-refractivity contribution < 1.29 is 24.3 Å². The number of carbonyl (C=O) groups is 4. The van der Waals surface area contributed by atoms with Crippen LogP contribution in [0.2, 0.25) is 0 Å². The van der Waals surface area contributed by atoms with Crippen LogP contribution in [0.4, 0.5) is 17.1 Å². The lowest BCUT2D eigenvalue weighted by molar-refractivity contribution is -0.138. The van der Waals surface area contributed by atoms with Gasteiger partial charge in [-0.05, 0) is 61.2 Å². The maximum atomic E-state index is 14.2. The lowest BCUT2D eigenvalue weighted by atomic mass is 9.56. The van der Waals surface area contributed by atoms with Crippen molar-refractivity contribution in [3.05, 3.63) is 96.1 Å². The number of alkyl halides is 3. The van der Waals surface area contributed by atoms with Crippen LogP contribution >= 0.6 is 39.1 Å². The molecule has 2 aliphatic carbocycles. The van der Waals surface area contributed by atoms with Crippen LogP contribution in [0.15, 0.2) is 90.5 Å². The number of carbonyl (C=O) groups excluding carboxylic acids is 4. The van der Waals surface area contributed by atoms with Gasteiger partial charge in [0.25, 0.3) is 11.8 Å². The minimum Gasteiger partial charge on any atom is -0.508 e. The van der Waals surface area contributed by atoms with Gasteiger partial charge >= 0.3 is 0 Å². The van der Waals surface area contributed by atoms with Crippen molar-refractivity contribution in [1.29, 1.82) is 0 Å². The molecule has 0 aromatic heterocycles. The van der Waals surface area contributed by atoms with Crippen LogP contribution in [0.25, 0.3) is 0 Å². The number of phenols is 1. The van der Waals surface area contributed by atoms with Gasteiger partial charge in [-0.1, -0.05) is 64.0 Å². The van der Waals surface area contributed by atoms with E-state index in [-0.39, 0.29) is 30.0 Å². The maximum Gasteiger partial charge on any atom is 0.254 e. The standard InChI is InChI=1S/C33H26BrCl2N3O5/c34-17-38-30(43)32(35)16-24-21(27(33(32,36)31(38)44)22-8-4-5-9-25(22)40)14-15-23-26(24)29(42)39(28(23)41)20-12-10-19(11-13-20)37-18-6-2-1-3-7-18/h1-14,23-24,26-27,37,40H,15-17H2. The third-order valence-electron chi connectivity index (χ3n) is 9.45. The van der Waals surface area contributed by atoms with Crippen molar-refractivity contribution in [2.45, 2.75) is 28.5 Å². The van der Waals surface area contributed by atoms with Crippen LogP contribution in [-0.2, 0) is 19.2 Å². The molecule has 6 atom stereocenters. The summed E-state index contributed by atoms with van der Waals surface area (Å²) >= 11 is 17.6. The van der Waals surface area contributed by atoms with E-state index in [1.807, 2.05) is 36.4 Å². The Hall–Kier alpha value is -3.66. The molecule has 8 nitrogen and oxygen atoms in total. The number of para-hydroxylation sites is 2. The van der Waals surface area contributed by atoms with E-state index in [0.717, 1.165) is 16.3 Å². The number of allylic oxidation sites excluding steroid dienone is 2. The van der Waals surface area contributed by atoms with Crippen molar-refractivity contribution in [2.75, 3.05) is 15.7 Å². The van der Waals surface area contributed by atoms with Crippen LogP contribution in [0.1, 0.15) is 24.3 Å². The molecule has 3 aromatic carbocycles. The number of benzene rings is 3. The third-order valence-corrected chi connectivity index (χ3v) is 11.4. The number of rotatable bonds is 5. The molecule has 7 rings (SSSR count). The van der Waals surface area contributed by atoms with Gasteiger partial charge < -0.3 is 10.4 Å². The van der Waals surface area contributed by atoms with Crippen molar-refractivity contribution in [2.24, 2.45) is 17.8 Å². The molecule has 4 amide bonds. The van der Waals surface area contributed by atoms with E-state index in [4.69, 9.17) is 23.2 Å². The first kappa shape index (κ1) is 29.1. The van der Waals surface area contributed by atoms with Gasteiger partial charge in [-0.15, -0.1) is 23.2 Å². The van der Waals surface area contributed by atoms with E-state index in [1.165, 1.54) is 11.0 Å². The molecule has 44 heavy (non-hydrogen) atoms. The minimum atomic E-state index is -1.96. The summed E-state index contributed by atoms with van der Waals surface area (Å²) in [6, 6.07) is 23.1. The Kier molecular flexibility index (Phi) is 6.91. The van der Waals surface area contributed by atoms with Crippen LogP contribution in [0, 0.1) is 17.8 Å². The lowest BCUT2D eigenvalue weighted by Crippen LogP contribution is -2.60. The quantitative estimate of drug-likeness (QED) is 0.146. The Morgan fingerprint density at radius 2 is 1.50 bits per heavy atom. The van der Waals surface area contributed by atoms with E-state index < -0.39 is 51.1 Å². The number of halogens is 3. The zero-order valence-electron chi connectivity index (χ0n) is 23.1. The summed E-state index contributed by atoms with van der Waals surface area (Å²) in [6.07, 6.45) is 1.97. The Labute approximate surface area is 271 Å². The summed E-state index contributed by atoms with van der Waals surface area (Å²) in [5, 5.41) is 14.2. The van der Waals surface area contributed by atoms with Gasteiger partial charge in [0.2, 0.25) is 11.8 Å². The highest BCUT2D eigenvalue weighted by molar-refractivity contribution is 9.09. The Morgan fingerprint density at radius 3 is 2.18 bits per heavy atom. The van der Waals surface area contributed by atoms with Crippen LogP contribution in [0.3, 0.4) is 0 Å². The molecule has 0 bridgehead atoms. The van der Waals surface area contributed by atoms with Crippen LogP contribution in [0.5, 0.6) is 5.75 Å². The smallest absolute Gasteiger partial charge is 0.254 e. The predicted octanol–water partition coefficient (Wildman–Crippen LogP) is 6.05. The summed E-state index contributed by atoms with van der Waals surface area (Å²) in [6.45, 7) is 0. The molecule has 6 unspecified atom stereocenters. The van der Waals surface area contributed by atoms with Crippen molar-refractivity contribution in [3.63, 3.8) is 0 Å². The topological polar surface area (TPSA) is 107 Å². The molecular formula is C33H26BrCl2N3O5. The number of aromatic hydroxyl groups is 1. The molecule has 2 saturated heterocycles. The normalized spacial score (nSPS) is 31.0. The highest BCUT2D eigenvalue weighted by Gasteiger charge is 2.76. The third kappa shape index (κ3) is 3.95. The molecule has 4 aliphatic rings. The first-order valence-corrected chi connectivity index (χ1v) is 16.1. The molecule has 2 heterocycles. The molecule has 2 N–H and O–H groups in total. The number of nitrogens with one attached hydrogen (secondary N) is 1. The van der Waals surface area contributed by atoms with E-state index in [2.05, 4.69) is 21.2 Å². The van der Waals surface area contributed by atoms with Crippen molar-refractivity contribution in [1.82, 2.24) is 4.90 Å². The number of anilines is 3. The highest BCUT2D eigenvalue weighted by Crippen LogP contribution is 2.66. The lowest BCUT2D eigenvalue weighted by Gasteiger charge is -2.50. The second-order valence-electron chi connectivity index (χ2n) is 11.6. The van der Waals surface area contributed by atoms with Gasteiger partial charge in [0.05, 0.1) is 23.0 Å². The summed E-state index contributed by atoms with van der Waals surface area (Å²) in [5.41, 5.74) is 2.97. The molecule has 3 fully saturated rings. The molecule has 1 saturated carbocycles. The number of likely N-dealkylation sites (tertiary alicyclic amines) is 1. The van der Waals surface area contributed by atoms with Gasteiger partial charge in [-0.3, -0.25) is 29.0 Å². The number of hydrogen-bond acceptors (Lipinski definition) is 6. The number of fused-ring (bicyclic) bond motifs is 4. The summed E-state index contributed by atoms with van der Waals surface area (Å²) in [5.74, 6) is -5.37. The summed E-state index contributed by atoms with van der Waals surface area (Å²) in [4.78, 5) is 53.9. The number of nitrogens with zero attached hydrogens (tertiary/aromatic N) is 2. The number of hydrogen-bond donors (Lipinski definition) is 2. The predicted molar refractivity (Wildman–Crippen MR) is 170 cm³/mol. The van der Waals surface area contributed by atoms with Crippen LogP contribution < -0.4 is 10.2 Å². The van der Waals surface area contributed by atoms with Crippen molar-refractivity contribution in [3.8, 4) is 5.75 Å². The van der Waals surface area contributed by atoms with E-state index in [0.29, 0.717) is 16.8 Å².